The zero-order valence-corrected chi connectivity index (χ0v) is 12.8. The van der Waals surface area contributed by atoms with Crippen molar-refractivity contribution in [3.8, 4) is 0 Å². The van der Waals surface area contributed by atoms with Gasteiger partial charge in [0, 0.05) is 17.3 Å². The lowest BCUT2D eigenvalue weighted by molar-refractivity contribution is 0.0698. The molecule has 0 aliphatic heterocycles. The monoisotopic (exact) mass is 329 g/mol. The summed E-state index contributed by atoms with van der Waals surface area (Å²) in [6.45, 7) is 1.71. The molecule has 0 spiro atoms. The Kier molecular flexibility index (Phi) is 3.75. The number of hydrogen-bond donors (Lipinski definition) is 2. The van der Waals surface area contributed by atoms with Gasteiger partial charge in [-0.2, -0.15) is 0 Å². The highest BCUT2D eigenvalue weighted by molar-refractivity contribution is 6.30. The molecule has 0 aliphatic carbocycles. The van der Waals surface area contributed by atoms with Crippen LogP contribution in [0.15, 0.2) is 42.6 Å². The number of aromatic carboxylic acids is 1. The SMILES string of the molecule is Cc1nc2cc(Cl)ccn2c1C(=O)Nc1ccccc1C(=O)O. The molecule has 1 aromatic carbocycles. The van der Waals surface area contributed by atoms with Crippen LogP contribution in [-0.2, 0) is 0 Å². The fraction of sp³-hybridized carbons (Fsp3) is 0.0625. The van der Waals surface area contributed by atoms with Crippen molar-refractivity contribution >= 4 is 34.8 Å². The van der Waals surface area contributed by atoms with Crippen LogP contribution < -0.4 is 5.32 Å². The predicted octanol–water partition coefficient (Wildman–Crippen LogP) is 3.25. The molecule has 3 rings (SSSR count). The number of nitrogens with zero attached hydrogens (tertiary/aromatic N) is 2. The van der Waals surface area contributed by atoms with E-state index in [0.29, 0.717) is 22.1 Å². The van der Waals surface area contributed by atoms with E-state index in [-0.39, 0.29) is 11.3 Å². The molecule has 0 saturated heterocycles. The van der Waals surface area contributed by atoms with E-state index in [2.05, 4.69) is 10.3 Å². The van der Waals surface area contributed by atoms with Crippen molar-refractivity contribution < 1.29 is 14.7 Å². The molecular formula is C16H12ClN3O3. The molecule has 0 radical (unpaired) electrons. The Bertz CT molecular complexity index is 933. The van der Waals surface area contributed by atoms with Crippen LogP contribution in [0.4, 0.5) is 5.69 Å². The number of nitrogens with one attached hydrogen (secondary N) is 1. The first-order chi connectivity index (χ1) is 11.0. The zero-order chi connectivity index (χ0) is 16.6. The van der Waals surface area contributed by atoms with E-state index in [1.54, 1.807) is 41.8 Å². The molecule has 0 fully saturated rings. The van der Waals surface area contributed by atoms with E-state index >= 15 is 0 Å². The van der Waals surface area contributed by atoms with E-state index in [4.69, 9.17) is 11.6 Å². The number of carbonyl (C=O) groups excluding carboxylic acids is 1. The molecule has 2 aromatic heterocycles. The molecular weight excluding hydrogens is 318 g/mol. The van der Waals surface area contributed by atoms with Gasteiger partial charge >= 0.3 is 5.97 Å². The van der Waals surface area contributed by atoms with Gasteiger partial charge in [0.15, 0.2) is 0 Å². The van der Waals surface area contributed by atoms with Crippen molar-refractivity contribution in [2.45, 2.75) is 6.92 Å². The molecule has 0 bridgehead atoms. The number of para-hydroxylation sites is 1. The van der Waals surface area contributed by atoms with Crippen molar-refractivity contribution in [2.75, 3.05) is 5.32 Å². The molecule has 1 amide bonds. The van der Waals surface area contributed by atoms with E-state index < -0.39 is 11.9 Å². The number of aromatic nitrogens is 2. The van der Waals surface area contributed by atoms with Crippen molar-refractivity contribution in [2.24, 2.45) is 0 Å². The summed E-state index contributed by atoms with van der Waals surface area (Å²) >= 11 is 5.93. The van der Waals surface area contributed by atoms with Gasteiger partial charge in [-0.3, -0.25) is 9.20 Å². The van der Waals surface area contributed by atoms with Gasteiger partial charge in [-0.05, 0) is 25.1 Å². The summed E-state index contributed by atoms with van der Waals surface area (Å²) in [5.74, 6) is -1.55. The van der Waals surface area contributed by atoms with Crippen LogP contribution >= 0.6 is 11.6 Å². The first-order valence-electron chi connectivity index (χ1n) is 6.75. The van der Waals surface area contributed by atoms with Gasteiger partial charge in [-0.25, -0.2) is 9.78 Å². The Balaban J connectivity index is 2.02. The lowest BCUT2D eigenvalue weighted by Gasteiger charge is -2.08. The van der Waals surface area contributed by atoms with Crippen LogP contribution in [0.2, 0.25) is 5.02 Å². The summed E-state index contributed by atoms with van der Waals surface area (Å²) in [4.78, 5) is 28.1. The number of amides is 1. The average Bonchev–Trinajstić information content (AvgIpc) is 2.82. The third-order valence-corrected chi connectivity index (χ3v) is 3.62. The summed E-state index contributed by atoms with van der Waals surface area (Å²) in [5.41, 5.74) is 1.66. The van der Waals surface area contributed by atoms with Crippen molar-refractivity contribution in [3.05, 3.63) is 64.6 Å². The zero-order valence-electron chi connectivity index (χ0n) is 12.1. The predicted molar refractivity (Wildman–Crippen MR) is 86.3 cm³/mol. The lowest BCUT2D eigenvalue weighted by Crippen LogP contribution is -2.17. The molecule has 6 nitrogen and oxygen atoms in total. The van der Waals surface area contributed by atoms with Crippen LogP contribution in [0.1, 0.15) is 26.5 Å². The molecule has 0 saturated carbocycles. The van der Waals surface area contributed by atoms with Gasteiger partial charge in [0.05, 0.1) is 16.9 Å². The largest absolute Gasteiger partial charge is 0.478 e. The topological polar surface area (TPSA) is 83.7 Å². The Labute approximate surface area is 136 Å². The van der Waals surface area contributed by atoms with Gasteiger partial charge in [0.2, 0.25) is 0 Å². The van der Waals surface area contributed by atoms with E-state index in [1.807, 2.05) is 0 Å². The third-order valence-electron chi connectivity index (χ3n) is 3.38. The molecule has 3 aromatic rings. The minimum Gasteiger partial charge on any atom is -0.478 e. The molecule has 23 heavy (non-hydrogen) atoms. The minimum absolute atomic E-state index is 0.0235. The third kappa shape index (κ3) is 2.76. The first-order valence-corrected chi connectivity index (χ1v) is 7.13. The highest BCUT2D eigenvalue weighted by Crippen LogP contribution is 2.20. The second kappa shape index (κ2) is 5.73. The van der Waals surface area contributed by atoms with Crippen molar-refractivity contribution in [1.29, 1.82) is 0 Å². The summed E-state index contributed by atoms with van der Waals surface area (Å²) in [5, 5.41) is 12.3. The van der Waals surface area contributed by atoms with Crippen LogP contribution in [0.25, 0.3) is 5.65 Å². The number of pyridine rings is 1. The Hall–Kier alpha value is -2.86. The highest BCUT2D eigenvalue weighted by atomic mass is 35.5. The number of imidazole rings is 1. The number of anilines is 1. The Morgan fingerprint density at radius 3 is 2.74 bits per heavy atom. The number of halogens is 1. The smallest absolute Gasteiger partial charge is 0.337 e. The van der Waals surface area contributed by atoms with E-state index in [1.165, 1.54) is 12.1 Å². The van der Waals surface area contributed by atoms with Gasteiger partial charge in [0.25, 0.3) is 5.91 Å². The molecule has 7 heteroatoms. The van der Waals surface area contributed by atoms with Crippen LogP contribution in [0.3, 0.4) is 0 Å². The first kappa shape index (κ1) is 15.1. The Morgan fingerprint density at radius 2 is 2.00 bits per heavy atom. The number of aryl methyl sites for hydroxylation is 1. The van der Waals surface area contributed by atoms with Crippen LogP contribution in [-0.4, -0.2) is 26.4 Å². The van der Waals surface area contributed by atoms with Gasteiger partial charge in [-0.1, -0.05) is 23.7 Å². The maximum Gasteiger partial charge on any atom is 0.337 e. The average molecular weight is 330 g/mol. The summed E-state index contributed by atoms with van der Waals surface area (Å²) in [6.07, 6.45) is 1.65. The van der Waals surface area contributed by atoms with E-state index in [0.717, 1.165) is 0 Å². The molecule has 0 unspecified atom stereocenters. The van der Waals surface area contributed by atoms with E-state index in [9.17, 15) is 14.7 Å². The second-order valence-electron chi connectivity index (χ2n) is 4.92. The second-order valence-corrected chi connectivity index (χ2v) is 5.36. The molecule has 2 N–H and O–H groups in total. The normalized spacial score (nSPS) is 10.7. The maximum absolute atomic E-state index is 12.6. The van der Waals surface area contributed by atoms with Crippen molar-refractivity contribution in [3.63, 3.8) is 0 Å². The number of carboxylic acid groups (broad SMARTS) is 1. The molecule has 0 atom stereocenters. The standard InChI is InChI=1S/C16H12ClN3O3/c1-9-14(20-7-6-10(17)8-13(20)18-9)15(21)19-12-5-3-2-4-11(12)16(22)23/h2-8H,1H3,(H,19,21)(H,22,23). The fourth-order valence-corrected chi connectivity index (χ4v) is 2.53. The summed E-state index contributed by atoms with van der Waals surface area (Å²) in [6, 6.07) is 9.52. The summed E-state index contributed by atoms with van der Waals surface area (Å²) < 4.78 is 1.61. The molecule has 116 valence electrons. The summed E-state index contributed by atoms with van der Waals surface area (Å²) in [7, 11) is 0. The number of fused-ring (bicyclic) bond motifs is 1. The molecule has 2 heterocycles. The number of rotatable bonds is 3. The molecule has 0 aliphatic rings. The maximum atomic E-state index is 12.6. The quantitative estimate of drug-likeness (QED) is 0.772. The van der Waals surface area contributed by atoms with Gasteiger partial charge in [-0.15, -0.1) is 0 Å². The van der Waals surface area contributed by atoms with Crippen LogP contribution in [0.5, 0.6) is 0 Å². The minimum atomic E-state index is -1.11. The number of benzene rings is 1. The highest BCUT2D eigenvalue weighted by Gasteiger charge is 2.19. The number of hydrogen-bond acceptors (Lipinski definition) is 3. The lowest BCUT2D eigenvalue weighted by atomic mass is 10.1. The number of carbonyl (C=O) groups is 2. The van der Waals surface area contributed by atoms with Crippen LogP contribution in [0, 0.1) is 6.92 Å². The number of carboxylic acids is 1. The fourth-order valence-electron chi connectivity index (χ4n) is 2.37. The van der Waals surface area contributed by atoms with Crippen molar-refractivity contribution in [1.82, 2.24) is 9.38 Å². The van der Waals surface area contributed by atoms with Gasteiger partial charge in [0.1, 0.15) is 11.3 Å². The van der Waals surface area contributed by atoms with Gasteiger partial charge < -0.3 is 10.4 Å². The Morgan fingerprint density at radius 1 is 1.26 bits per heavy atom.